The number of ether oxygens (including phenoxy) is 2. The zero-order chi connectivity index (χ0) is 20.8. The molecule has 10 nitrogen and oxygen atoms in total. The Labute approximate surface area is 175 Å². The number of amides is 1. The lowest BCUT2D eigenvalue weighted by Gasteiger charge is -2.14. The number of carbonyl (C=O) groups is 1. The van der Waals surface area contributed by atoms with Crippen molar-refractivity contribution >= 4 is 33.5 Å². The number of nitrogens with two attached hydrogens (primary N) is 1. The molecule has 29 heavy (non-hydrogen) atoms. The van der Waals surface area contributed by atoms with Crippen LogP contribution in [0.4, 0.5) is 11.6 Å². The summed E-state index contributed by atoms with van der Waals surface area (Å²) in [7, 11) is 1.53. The SMILES string of the molecule is COc1cc(CNn2nnnc2N)c(Br)cc1OCC(=O)Nc1ccc(C)cc1. The van der Waals surface area contributed by atoms with Crippen LogP contribution in [0.25, 0.3) is 0 Å². The van der Waals surface area contributed by atoms with E-state index in [2.05, 4.69) is 42.2 Å². The highest BCUT2D eigenvalue weighted by Gasteiger charge is 2.13. The molecule has 0 radical (unpaired) electrons. The zero-order valence-electron chi connectivity index (χ0n) is 15.8. The molecule has 0 aliphatic heterocycles. The van der Waals surface area contributed by atoms with Gasteiger partial charge in [-0.2, -0.15) is 0 Å². The van der Waals surface area contributed by atoms with Crippen molar-refractivity contribution in [1.82, 2.24) is 20.3 Å². The summed E-state index contributed by atoms with van der Waals surface area (Å²) < 4.78 is 11.8. The molecular formula is C18H20BrN7O3. The summed E-state index contributed by atoms with van der Waals surface area (Å²) in [5.74, 6) is 0.793. The Hall–Kier alpha value is -3.34. The van der Waals surface area contributed by atoms with Gasteiger partial charge in [-0.05, 0) is 47.2 Å². The van der Waals surface area contributed by atoms with E-state index in [0.29, 0.717) is 23.7 Å². The Morgan fingerprint density at radius 1 is 1.24 bits per heavy atom. The summed E-state index contributed by atoms with van der Waals surface area (Å²) in [4.78, 5) is 13.4. The Bertz CT molecular complexity index is 992. The first-order valence-corrected chi connectivity index (χ1v) is 9.39. The summed E-state index contributed by atoms with van der Waals surface area (Å²) in [5.41, 5.74) is 11.3. The zero-order valence-corrected chi connectivity index (χ0v) is 17.4. The van der Waals surface area contributed by atoms with E-state index in [4.69, 9.17) is 15.2 Å². The van der Waals surface area contributed by atoms with Crippen LogP contribution in [0.15, 0.2) is 40.9 Å². The van der Waals surface area contributed by atoms with E-state index in [9.17, 15) is 4.79 Å². The van der Waals surface area contributed by atoms with Crippen LogP contribution in [0.1, 0.15) is 11.1 Å². The molecule has 0 saturated carbocycles. The van der Waals surface area contributed by atoms with Gasteiger partial charge in [0, 0.05) is 10.2 Å². The van der Waals surface area contributed by atoms with Gasteiger partial charge in [0.2, 0.25) is 0 Å². The molecule has 3 aromatic rings. The van der Waals surface area contributed by atoms with Gasteiger partial charge >= 0.3 is 0 Å². The third-order valence-electron chi connectivity index (χ3n) is 3.94. The number of nitrogens with zero attached hydrogens (tertiary/aromatic N) is 4. The standard InChI is InChI=1S/C18H20BrN7O3/c1-11-3-5-13(6-4-11)22-17(27)10-29-16-8-14(19)12(7-15(16)28-2)9-21-26-18(20)23-24-25-26/h3-8,21H,9-10H2,1-2H3,(H,22,27)(H2,20,23,25). The number of hydrogen-bond acceptors (Lipinski definition) is 8. The first-order valence-electron chi connectivity index (χ1n) is 8.59. The van der Waals surface area contributed by atoms with Gasteiger partial charge in [-0.1, -0.05) is 38.7 Å². The molecule has 0 bridgehead atoms. The van der Waals surface area contributed by atoms with Crippen LogP contribution in [-0.4, -0.2) is 39.9 Å². The molecule has 0 aliphatic rings. The van der Waals surface area contributed by atoms with E-state index in [-0.39, 0.29) is 18.5 Å². The Morgan fingerprint density at radius 3 is 2.66 bits per heavy atom. The van der Waals surface area contributed by atoms with E-state index in [1.165, 1.54) is 11.9 Å². The van der Waals surface area contributed by atoms with Crippen molar-refractivity contribution in [2.75, 3.05) is 30.2 Å². The average molecular weight is 462 g/mol. The van der Waals surface area contributed by atoms with E-state index in [1.807, 2.05) is 31.2 Å². The number of rotatable bonds is 8. The molecule has 1 heterocycles. The maximum absolute atomic E-state index is 12.2. The highest BCUT2D eigenvalue weighted by Crippen LogP contribution is 2.33. The summed E-state index contributed by atoms with van der Waals surface area (Å²) >= 11 is 3.49. The van der Waals surface area contributed by atoms with Crippen molar-refractivity contribution in [1.29, 1.82) is 0 Å². The predicted octanol–water partition coefficient (Wildman–Crippen LogP) is 2.10. The topological polar surface area (TPSA) is 129 Å². The van der Waals surface area contributed by atoms with Crippen molar-refractivity contribution < 1.29 is 14.3 Å². The minimum atomic E-state index is -0.271. The summed E-state index contributed by atoms with van der Waals surface area (Å²) in [6, 6.07) is 11.0. The van der Waals surface area contributed by atoms with Crippen molar-refractivity contribution in [2.24, 2.45) is 0 Å². The lowest BCUT2D eigenvalue weighted by Crippen LogP contribution is -2.20. The monoisotopic (exact) mass is 461 g/mol. The van der Waals surface area contributed by atoms with Crippen LogP contribution in [-0.2, 0) is 11.3 Å². The van der Waals surface area contributed by atoms with E-state index in [0.717, 1.165) is 15.6 Å². The Kier molecular flexibility index (Phi) is 6.50. The minimum absolute atomic E-state index is 0.146. The molecule has 4 N–H and O–H groups in total. The first-order chi connectivity index (χ1) is 14.0. The molecule has 2 aromatic carbocycles. The highest BCUT2D eigenvalue weighted by atomic mass is 79.9. The van der Waals surface area contributed by atoms with Crippen molar-refractivity contribution in [3.8, 4) is 11.5 Å². The van der Waals surface area contributed by atoms with Crippen molar-refractivity contribution in [3.63, 3.8) is 0 Å². The number of methoxy groups -OCH3 is 1. The van der Waals surface area contributed by atoms with Gasteiger partial charge in [-0.3, -0.25) is 4.79 Å². The molecule has 0 unspecified atom stereocenters. The molecular weight excluding hydrogens is 442 g/mol. The number of carbonyl (C=O) groups excluding carboxylic acids is 1. The fourth-order valence-electron chi connectivity index (χ4n) is 2.43. The second-order valence-corrected chi connectivity index (χ2v) is 6.94. The second-order valence-electron chi connectivity index (χ2n) is 6.08. The third kappa shape index (κ3) is 5.35. The van der Waals surface area contributed by atoms with Crippen molar-refractivity contribution in [3.05, 3.63) is 52.0 Å². The summed E-state index contributed by atoms with van der Waals surface area (Å²) in [5, 5.41) is 13.6. The molecule has 152 valence electrons. The molecule has 0 spiro atoms. The number of nitrogen functional groups attached to an aromatic ring is 1. The predicted molar refractivity (Wildman–Crippen MR) is 111 cm³/mol. The van der Waals surface area contributed by atoms with Crippen LogP contribution < -0.4 is 25.9 Å². The Morgan fingerprint density at radius 2 is 2.00 bits per heavy atom. The molecule has 0 aliphatic carbocycles. The van der Waals surface area contributed by atoms with Gasteiger partial charge in [0.15, 0.2) is 18.1 Å². The minimum Gasteiger partial charge on any atom is -0.493 e. The third-order valence-corrected chi connectivity index (χ3v) is 4.68. The smallest absolute Gasteiger partial charge is 0.262 e. The molecule has 0 saturated heterocycles. The van der Waals surface area contributed by atoms with E-state index in [1.54, 1.807) is 12.1 Å². The number of aryl methyl sites for hydroxylation is 1. The molecule has 11 heteroatoms. The molecule has 1 aromatic heterocycles. The van der Waals surface area contributed by atoms with Crippen LogP contribution >= 0.6 is 15.9 Å². The van der Waals surface area contributed by atoms with Gasteiger partial charge in [-0.25, -0.2) is 0 Å². The van der Waals surface area contributed by atoms with E-state index < -0.39 is 0 Å². The quantitative estimate of drug-likeness (QED) is 0.464. The van der Waals surface area contributed by atoms with Gasteiger partial charge < -0.3 is 25.9 Å². The number of benzene rings is 2. The van der Waals surface area contributed by atoms with Crippen LogP contribution in [0.5, 0.6) is 11.5 Å². The Balaban J connectivity index is 1.63. The maximum Gasteiger partial charge on any atom is 0.262 e. The first kappa shape index (κ1) is 20.4. The normalized spacial score (nSPS) is 10.4. The summed E-state index contributed by atoms with van der Waals surface area (Å²) in [6.07, 6.45) is 0. The number of hydrogen-bond donors (Lipinski definition) is 3. The van der Waals surface area contributed by atoms with E-state index >= 15 is 0 Å². The van der Waals surface area contributed by atoms with Gasteiger partial charge in [0.1, 0.15) is 0 Å². The maximum atomic E-state index is 12.2. The van der Waals surface area contributed by atoms with Crippen LogP contribution in [0.2, 0.25) is 0 Å². The highest BCUT2D eigenvalue weighted by molar-refractivity contribution is 9.10. The van der Waals surface area contributed by atoms with Gasteiger partial charge in [0.25, 0.3) is 11.9 Å². The number of aromatic nitrogens is 4. The lowest BCUT2D eigenvalue weighted by molar-refractivity contribution is -0.118. The fraction of sp³-hybridized carbons (Fsp3) is 0.222. The largest absolute Gasteiger partial charge is 0.493 e. The van der Waals surface area contributed by atoms with Gasteiger partial charge in [-0.15, -0.1) is 4.79 Å². The molecule has 1 amide bonds. The lowest BCUT2D eigenvalue weighted by atomic mass is 10.2. The number of nitrogens with one attached hydrogen (secondary N) is 2. The second kappa shape index (κ2) is 9.24. The van der Waals surface area contributed by atoms with Crippen molar-refractivity contribution in [2.45, 2.75) is 13.5 Å². The molecule has 0 fully saturated rings. The molecule has 3 rings (SSSR count). The van der Waals surface area contributed by atoms with Crippen LogP contribution in [0, 0.1) is 6.92 Å². The van der Waals surface area contributed by atoms with Crippen LogP contribution in [0.3, 0.4) is 0 Å². The molecule has 0 atom stereocenters. The van der Waals surface area contributed by atoms with Gasteiger partial charge in [0.05, 0.1) is 13.7 Å². The number of tetrazole rings is 1. The fourth-order valence-corrected chi connectivity index (χ4v) is 2.89. The number of anilines is 2. The summed E-state index contributed by atoms with van der Waals surface area (Å²) in [6.45, 7) is 2.20. The average Bonchev–Trinajstić information content (AvgIpc) is 3.12. The number of halogens is 1.